The normalized spacial score (nSPS) is 18.5. The van der Waals surface area contributed by atoms with Crippen LogP contribution in [0.3, 0.4) is 0 Å². The highest BCUT2D eigenvalue weighted by Crippen LogP contribution is 2.19. The zero-order valence-corrected chi connectivity index (χ0v) is 13.2. The van der Waals surface area contributed by atoms with Gasteiger partial charge in [-0.3, -0.25) is 4.79 Å². The van der Waals surface area contributed by atoms with Gasteiger partial charge in [-0.25, -0.2) is 9.67 Å². The summed E-state index contributed by atoms with van der Waals surface area (Å²) in [5.41, 5.74) is 0.989. The summed E-state index contributed by atoms with van der Waals surface area (Å²) in [5.74, 6) is 1.59. The van der Waals surface area contributed by atoms with E-state index in [-0.39, 0.29) is 12.5 Å². The minimum Gasteiger partial charge on any atom is -0.338 e. The second-order valence-corrected chi connectivity index (χ2v) is 5.94. The van der Waals surface area contributed by atoms with E-state index in [0.29, 0.717) is 11.9 Å². The van der Waals surface area contributed by atoms with Gasteiger partial charge in [0.15, 0.2) is 5.82 Å². The lowest BCUT2D eigenvalue weighted by Crippen LogP contribution is -2.43. The number of piperidine rings is 1. The quantitative estimate of drug-likeness (QED) is 0.875. The van der Waals surface area contributed by atoms with Gasteiger partial charge in [-0.1, -0.05) is 30.3 Å². The maximum absolute atomic E-state index is 12.6. The lowest BCUT2D eigenvalue weighted by molar-refractivity contribution is -0.135. The van der Waals surface area contributed by atoms with Crippen molar-refractivity contribution in [3.8, 4) is 11.4 Å². The molecule has 0 radical (unpaired) electrons. The molecule has 0 bridgehead atoms. The average molecular weight is 298 g/mol. The number of aryl methyl sites for hydroxylation is 1. The van der Waals surface area contributed by atoms with Gasteiger partial charge in [0.2, 0.25) is 5.91 Å². The Morgan fingerprint density at radius 1 is 1.27 bits per heavy atom. The molecule has 0 saturated carbocycles. The molecule has 5 heteroatoms. The molecule has 5 nitrogen and oxygen atoms in total. The van der Waals surface area contributed by atoms with Crippen LogP contribution in [0.1, 0.15) is 32.0 Å². The van der Waals surface area contributed by atoms with Gasteiger partial charge in [-0.05, 0) is 33.1 Å². The smallest absolute Gasteiger partial charge is 0.244 e. The fourth-order valence-corrected chi connectivity index (χ4v) is 3.05. The van der Waals surface area contributed by atoms with E-state index in [0.717, 1.165) is 30.8 Å². The molecule has 22 heavy (non-hydrogen) atoms. The number of carbonyl (C=O) groups excluding carboxylic acids is 1. The first-order valence-electron chi connectivity index (χ1n) is 7.91. The Kier molecular flexibility index (Phi) is 4.22. The number of hydrogen-bond acceptors (Lipinski definition) is 3. The Labute approximate surface area is 131 Å². The summed E-state index contributed by atoms with van der Waals surface area (Å²) in [7, 11) is 0. The van der Waals surface area contributed by atoms with E-state index in [2.05, 4.69) is 17.0 Å². The number of rotatable bonds is 3. The lowest BCUT2D eigenvalue weighted by Gasteiger charge is -2.33. The van der Waals surface area contributed by atoms with E-state index < -0.39 is 0 Å². The van der Waals surface area contributed by atoms with Crippen LogP contribution in [0.2, 0.25) is 0 Å². The van der Waals surface area contributed by atoms with Crippen LogP contribution in [0, 0.1) is 6.92 Å². The van der Waals surface area contributed by atoms with Crippen LogP contribution in [0.15, 0.2) is 30.3 Å². The maximum atomic E-state index is 12.6. The Morgan fingerprint density at radius 2 is 2.05 bits per heavy atom. The van der Waals surface area contributed by atoms with Crippen molar-refractivity contribution in [3.05, 3.63) is 36.2 Å². The van der Waals surface area contributed by atoms with E-state index in [1.165, 1.54) is 6.42 Å². The Bertz CT molecular complexity index is 650. The van der Waals surface area contributed by atoms with Crippen molar-refractivity contribution in [2.45, 2.75) is 45.7 Å². The van der Waals surface area contributed by atoms with Gasteiger partial charge in [0.1, 0.15) is 12.4 Å². The van der Waals surface area contributed by atoms with Crippen LogP contribution in [0.5, 0.6) is 0 Å². The summed E-state index contributed by atoms with van der Waals surface area (Å²) in [6.45, 7) is 5.10. The van der Waals surface area contributed by atoms with Gasteiger partial charge in [0.05, 0.1) is 0 Å². The van der Waals surface area contributed by atoms with Crippen LogP contribution in [-0.2, 0) is 11.3 Å². The number of carbonyl (C=O) groups is 1. The summed E-state index contributed by atoms with van der Waals surface area (Å²) in [5, 5.41) is 4.40. The molecule has 1 amide bonds. The number of hydrogen-bond donors (Lipinski definition) is 0. The highest BCUT2D eigenvalue weighted by atomic mass is 16.2. The molecule has 3 rings (SSSR count). The fourth-order valence-electron chi connectivity index (χ4n) is 3.05. The van der Waals surface area contributed by atoms with Gasteiger partial charge >= 0.3 is 0 Å². The van der Waals surface area contributed by atoms with Gasteiger partial charge in [-0.15, -0.1) is 0 Å². The van der Waals surface area contributed by atoms with Gasteiger partial charge in [0.25, 0.3) is 0 Å². The van der Waals surface area contributed by atoms with Crippen LogP contribution in [0.25, 0.3) is 11.4 Å². The number of benzene rings is 1. The Morgan fingerprint density at radius 3 is 2.77 bits per heavy atom. The van der Waals surface area contributed by atoms with Crippen molar-refractivity contribution in [1.29, 1.82) is 0 Å². The van der Waals surface area contributed by atoms with Crippen molar-refractivity contribution in [2.75, 3.05) is 6.54 Å². The second-order valence-electron chi connectivity index (χ2n) is 5.94. The van der Waals surface area contributed by atoms with E-state index >= 15 is 0 Å². The van der Waals surface area contributed by atoms with Gasteiger partial charge in [-0.2, -0.15) is 5.10 Å². The molecule has 1 fully saturated rings. The van der Waals surface area contributed by atoms with E-state index in [4.69, 9.17) is 0 Å². The molecule has 1 atom stereocenters. The first-order valence-corrected chi connectivity index (χ1v) is 7.91. The number of amides is 1. The average Bonchev–Trinajstić information content (AvgIpc) is 2.89. The van der Waals surface area contributed by atoms with Crippen molar-refractivity contribution in [1.82, 2.24) is 19.7 Å². The number of aromatic nitrogens is 3. The molecule has 0 aliphatic carbocycles. The van der Waals surface area contributed by atoms with E-state index in [9.17, 15) is 4.79 Å². The SMILES string of the molecule is Cc1nc(-c2ccccc2)n(CC(=O)N2CCCC[C@H]2C)n1. The van der Waals surface area contributed by atoms with Gasteiger partial charge < -0.3 is 4.90 Å². The van der Waals surface area contributed by atoms with Crippen LogP contribution in [0.4, 0.5) is 0 Å². The summed E-state index contributed by atoms with van der Waals surface area (Å²) in [6.07, 6.45) is 3.40. The third-order valence-electron chi connectivity index (χ3n) is 4.22. The van der Waals surface area contributed by atoms with Crippen molar-refractivity contribution in [2.24, 2.45) is 0 Å². The number of likely N-dealkylation sites (tertiary alicyclic amines) is 1. The highest BCUT2D eigenvalue weighted by Gasteiger charge is 2.24. The number of nitrogens with zero attached hydrogens (tertiary/aromatic N) is 4. The van der Waals surface area contributed by atoms with Crippen molar-refractivity contribution < 1.29 is 4.79 Å². The minimum absolute atomic E-state index is 0.134. The van der Waals surface area contributed by atoms with Gasteiger partial charge in [0, 0.05) is 18.2 Å². The zero-order valence-electron chi connectivity index (χ0n) is 13.2. The largest absolute Gasteiger partial charge is 0.338 e. The minimum atomic E-state index is 0.134. The van der Waals surface area contributed by atoms with E-state index in [1.807, 2.05) is 42.2 Å². The molecule has 0 N–H and O–H groups in total. The standard InChI is InChI=1S/C17H22N4O/c1-13-8-6-7-11-20(13)16(22)12-21-17(18-14(2)19-21)15-9-4-3-5-10-15/h3-5,9-10,13H,6-8,11-12H2,1-2H3/t13-/m1/s1. The van der Waals surface area contributed by atoms with Crippen molar-refractivity contribution in [3.63, 3.8) is 0 Å². The van der Waals surface area contributed by atoms with Crippen molar-refractivity contribution >= 4 is 5.91 Å². The molecule has 1 aliphatic heterocycles. The fraction of sp³-hybridized carbons (Fsp3) is 0.471. The molecule has 1 aliphatic rings. The molecular weight excluding hydrogens is 276 g/mol. The molecular formula is C17H22N4O. The summed E-state index contributed by atoms with van der Waals surface area (Å²) in [6, 6.07) is 10.2. The Balaban J connectivity index is 1.82. The molecule has 1 saturated heterocycles. The summed E-state index contributed by atoms with van der Waals surface area (Å²) in [4.78, 5) is 19.1. The first-order chi connectivity index (χ1) is 10.6. The zero-order chi connectivity index (χ0) is 15.5. The predicted molar refractivity (Wildman–Crippen MR) is 85.2 cm³/mol. The third-order valence-corrected chi connectivity index (χ3v) is 4.22. The first kappa shape index (κ1) is 14.8. The Hall–Kier alpha value is -2.17. The van der Waals surface area contributed by atoms with E-state index in [1.54, 1.807) is 4.68 Å². The second kappa shape index (κ2) is 6.30. The monoisotopic (exact) mass is 298 g/mol. The predicted octanol–water partition coefficient (Wildman–Crippen LogP) is 2.65. The third kappa shape index (κ3) is 3.03. The molecule has 2 aromatic rings. The molecule has 116 valence electrons. The summed E-state index contributed by atoms with van der Waals surface area (Å²) < 4.78 is 1.73. The van der Waals surface area contributed by atoms with Crippen LogP contribution >= 0.6 is 0 Å². The van der Waals surface area contributed by atoms with Crippen LogP contribution in [-0.4, -0.2) is 38.2 Å². The summed E-state index contributed by atoms with van der Waals surface area (Å²) >= 11 is 0. The maximum Gasteiger partial charge on any atom is 0.244 e. The molecule has 0 spiro atoms. The topological polar surface area (TPSA) is 51.0 Å². The molecule has 1 aromatic heterocycles. The lowest BCUT2D eigenvalue weighted by atomic mass is 10.0. The molecule has 2 heterocycles. The van der Waals surface area contributed by atoms with Crippen LogP contribution < -0.4 is 0 Å². The molecule has 0 unspecified atom stereocenters. The molecule has 1 aromatic carbocycles. The highest BCUT2D eigenvalue weighted by molar-refractivity contribution is 5.77.